The second kappa shape index (κ2) is 17.4. The Morgan fingerprint density at radius 3 is 2.41 bits per heavy atom. The van der Waals surface area contributed by atoms with E-state index >= 15 is 0 Å². The van der Waals surface area contributed by atoms with Crippen LogP contribution in [0.25, 0.3) is 20.8 Å². The van der Waals surface area contributed by atoms with E-state index in [4.69, 9.17) is 9.47 Å². The second-order valence-electron chi connectivity index (χ2n) is 13.1. The topological polar surface area (TPSA) is 185 Å². The fraction of sp³-hybridized carbons (Fsp3) is 0.256. The number of carbonyl (C=O) groups excluding carboxylic acids is 6. The summed E-state index contributed by atoms with van der Waals surface area (Å²) in [5.74, 6) is -4.60. The molecule has 0 bridgehead atoms. The molecule has 7 rings (SSSR count). The molecule has 0 spiro atoms. The van der Waals surface area contributed by atoms with Crippen LogP contribution in [-0.2, 0) is 30.0 Å². The lowest BCUT2D eigenvalue weighted by Crippen LogP contribution is -2.54. The number of fused-ring (bicyclic) bond motifs is 2. The molecule has 1 saturated heterocycles. The van der Waals surface area contributed by atoms with Crippen molar-refractivity contribution in [3.8, 4) is 10.6 Å². The Balaban J connectivity index is 0.933. The molecule has 0 saturated carbocycles. The first kappa shape index (κ1) is 41.1. The number of nitrogens with zero attached hydrogens (tertiary/aromatic N) is 2. The minimum Gasteiger partial charge on any atom is -0.382 e. The van der Waals surface area contributed by atoms with Crippen LogP contribution in [-0.4, -0.2) is 84.3 Å². The molecule has 2 aliphatic rings. The van der Waals surface area contributed by atoms with Crippen LogP contribution in [0.5, 0.6) is 0 Å². The predicted octanol–water partition coefficient (Wildman–Crippen LogP) is 6.31. The van der Waals surface area contributed by atoms with Gasteiger partial charge in [-0.05, 0) is 60.3 Å². The summed E-state index contributed by atoms with van der Waals surface area (Å²) in [6.45, 7) is 0.350. The van der Waals surface area contributed by atoms with Gasteiger partial charge in [-0.3, -0.25) is 39.0 Å². The Labute approximate surface area is 339 Å². The number of benzene rings is 2. The number of hydrogen-bond acceptors (Lipinski definition) is 12. The quantitative estimate of drug-likeness (QED) is 0.0529. The molecule has 4 N–H and O–H groups in total. The van der Waals surface area contributed by atoms with Gasteiger partial charge >= 0.3 is 6.18 Å². The maximum atomic E-state index is 14.6. The minimum atomic E-state index is -4.88. The molecular weight excluding hydrogens is 821 g/mol. The molecule has 0 radical (unpaired) electrons. The Hall–Kier alpha value is -6.09. The largest absolute Gasteiger partial charge is 0.417 e. The Bertz CT molecular complexity index is 2460. The van der Waals surface area contributed by atoms with E-state index < -0.39 is 64.4 Å². The van der Waals surface area contributed by atoms with Crippen LogP contribution in [0, 0.1) is 5.82 Å². The lowest BCUT2D eigenvalue weighted by Gasteiger charge is -2.27. The van der Waals surface area contributed by atoms with Crippen LogP contribution < -0.4 is 21.3 Å². The molecule has 1 atom stereocenters. The van der Waals surface area contributed by atoms with Crippen molar-refractivity contribution in [2.75, 3.05) is 48.9 Å². The highest BCUT2D eigenvalue weighted by Gasteiger charge is 2.45. The van der Waals surface area contributed by atoms with E-state index in [1.807, 2.05) is 0 Å². The summed E-state index contributed by atoms with van der Waals surface area (Å²) in [6, 6.07) is 12.5. The number of rotatable bonds is 15. The van der Waals surface area contributed by atoms with Crippen LogP contribution >= 0.6 is 22.7 Å². The molecule has 6 amide bonds. The van der Waals surface area contributed by atoms with E-state index in [0.29, 0.717) is 21.9 Å². The summed E-state index contributed by atoms with van der Waals surface area (Å²) in [4.78, 5) is 82.2. The molecule has 5 heterocycles. The van der Waals surface area contributed by atoms with Crippen molar-refractivity contribution in [3.63, 3.8) is 0 Å². The first-order valence-electron chi connectivity index (χ1n) is 18.0. The molecule has 2 aliphatic heterocycles. The number of carbonyl (C=O) groups is 6. The summed E-state index contributed by atoms with van der Waals surface area (Å²) in [7, 11) is 0. The SMILES string of the molecule is O=C1CCC(N2C(=O)c3cccc(NCCOCCOCCC(=O)Nc4c(C(=O)Nc5ccc(F)cc5)sc5nc(-c6cccs6)cc(C(F)(F)F)c45)c3C2=O)C(=O)N1. The number of halogens is 4. The summed E-state index contributed by atoms with van der Waals surface area (Å²) in [5, 5.41) is 11.4. The van der Waals surface area contributed by atoms with Gasteiger partial charge in [-0.15, -0.1) is 22.7 Å². The maximum Gasteiger partial charge on any atom is 0.417 e. The zero-order valence-corrected chi connectivity index (χ0v) is 32.2. The Morgan fingerprint density at radius 2 is 1.69 bits per heavy atom. The standard InChI is InChI=1S/C39H32F4N6O8S2/c40-20-6-8-21(9-7-20)45-35(53)33-32(31-23(39(41,42)43)19-25(46-36(31)59-33)27-5-2-18-58-27)47-29(51)12-14-56-16-17-57-15-13-44-24-4-1-3-22-30(24)38(55)49(37(22)54)26-10-11-28(50)48-34(26)52/h1-9,18-19,26,44H,10-17H2,(H,45,53)(H,47,51)(H,48,50,52). The fourth-order valence-corrected chi connectivity index (χ4v) is 8.22. The zero-order chi connectivity index (χ0) is 41.8. The molecule has 2 aromatic carbocycles. The lowest BCUT2D eigenvalue weighted by atomic mass is 10.0. The van der Waals surface area contributed by atoms with Gasteiger partial charge in [0, 0.05) is 29.7 Å². The van der Waals surface area contributed by atoms with E-state index in [2.05, 4.69) is 26.3 Å². The maximum absolute atomic E-state index is 14.6. The third kappa shape index (κ3) is 8.99. The van der Waals surface area contributed by atoms with E-state index in [1.54, 1.807) is 29.6 Å². The first-order chi connectivity index (χ1) is 28.3. The summed E-state index contributed by atoms with van der Waals surface area (Å²) >= 11 is 1.86. The molecule has 59 heavy (non-hydrogen) atoms. The van der Waals surface area contributed by atoms with E-state index in [0.717, 1.165) is 23.1 Å². The number of piperidine rings is 1. The monoisotopic (exact) mass is 852 g/mol. The van der Waals surface area contributed by atoms with Gasteiger partial charge in [-0.1, -0.05) is 12.1 Å². The molecule has 306 valence electrons. The van der Waals surface area contributed by atoms with Gasteiger partial charge in [-0.25, -0.2) is 9.37 Å². The number of nitrogens with one attached hydrogen (secondary N) is 4. The number of thiophene rings is 2. The number of amides is 6. The van der Waals surface area contributed by atoms with Crippen LogP contribution in [0.1, 0.15) is 55.2 Å². The zero-order valence-electron chi connectivity index (χ0n) is 30.6. The van der Waals surface area contributed by atoms with Crippen LogP contribution in [0.3, 0.4) is 0 Å². The molecule has 1 unspecified atom stereocenters. The van der Waals surface area contributed by atoms with Gasteiger partial charge in [0.1, 0.15) is 21.6 Å². The highest BCUT2D eigenvalue weighted by Crippen LogP contribution is 2.45. The molecular formula is C39H32F4N6O8S2. The van der Waals surface area contributed by atoms with Gasteiger partial charge in [0.05, 0.1) is 65.8 Å². The summed E-state index contributed by atoms with van der Waals surface area (Å²) < 4.78 is 68.3. The number of alkyl halides is 3. The van der Waals surface area contributed by atoms with Crippen molar-refractivity contribution in [2.24, 2.45) is 0 Å². The van der Waals surface area contributed by atoms with Crippen molar-refractivity contribution in [1.82, 2.24) is 15.2 Å². The van der Waals surface area contributed by atoms with Crippen molar-refractivity contribution in [3.05, 3.63) is 93.4 Å². The Morgan fingerprint density at radius 1 is 0.932 bits per heavy atom. The van der Waals surface area contributed by atoms with Crippen molar-refractivity contribution in [1.29, 1.82) is 0 Å². The van der Waals surface area contributed by atoms with E-state index in [-0.39, 0.29) is 90.1 Å². The number of anilines is 3. The van der Waals surface area contributed by atoms with Crippen molar-refractivity contribution >= 4 is 85.4 Å². The minimum absolute atomic E-state index is 0.000735. The van der Waals surface area contributed by atoms with Crippen LogP contribution in [0.15, 0.2) is 66.0 Å². The lowest BCUT2D eigenvalue weighted by molar-refractivity contribution is -0.137. The predicted molar refractivity (Wildman–Crippen MR) is 209 cm³/mol. The average Bonchev–Trinajstić information content (AvgIpc) is 3.92. The molecule has 1 fully saturated rings. The second-order valence-corrected chi connectivity index (χ2v) is 15.0. The molecule has 0 aliphatic carbocycles. The van der Waals surface area contributed by atoms with Gasteiger partial charge in [0.2, 0.25) is 17.7 Å². The van der Waals surface area contributed by atoms with Gasteiger partial charge in [0.25, 0.3) is 17.7 Å². The first-order valence-corrected chi connectivity index (χ1v) is 19.7. The molecule has 14 nitrogen and oxygen atoms in total. The number of pyridine rings is 1. The van der Waals surface area contributed by atoms with Crippen LogP contribution in [0.4, 0.5) is 34.6 Å². The summed E-state index contributed by atoms with van der Waals surface area (Å²) in [5.41, 5.74) is -0.654. The van der Waals surface area contributed by atoms with Gasteiger partial charge < -0.3 is 25.4 Å². The van der Waals surface area contributed by atoms with Crippen LogP contribution in [0.2, 0.25) is 0 Å². The third-order valence-corrected chi connectivity index (χ3v) is 11.2. The molecule has 3 aromatic heterocycles. The third-order valence-electron chi connectivity index (χ3n) is 9.19. The fourth-order valence-electron chi connectivity index (χ4n) is 6.48. The molecule has 5 aromatic rings. The molecule has 20 heteroatoms. The van der Waals surface area contributed by atoms with Gasteiger partial charge in [-0.2, -0.15) is 13.2 Å². The smallest absolute Gasteiger partial charge is 0.382 e. The summed E-state index contributed by atoms with van der Waals surface area (Å²) in [6.07, 6.45) is -5.14. The van der Waals surface area contributed by atoms with Crippen molar-refractivity contribution in [2.45, 2.75) is 31.5 Å². The van der Waals surface area contributed by atoms with E-state index in [1.165, 1.54) is 29.5 Å². The normalized spacial score (nSPS) is 15.4. The van der Waals surface area contributed by atoms with E-state index in [9.17, 15) is 46.3 Å². The number of ether oxygens (including phenoxy) is 2. The average molecular weight is 853 g/mol. The Kier molecular flexibility index (Phi) is 12.1. The number of hydrogen-bond donors (Lipinski definition) is 4. The number of imide groups is 2. The van der Waals surface area contributed by atoms with Crippen molar-refractivity contribution < 1.29 is 55.8 Å². The number of aromatic nitrogens is 1. The highest BCUT2D eigenvalue weighted by molar-refractivity contribution is 7.21. The highest BCUT2D eigenvalue weighted by atomic mass is 32.1. The van der Waals surface area contributed by atoms with Gasteiger partial charge in [0.15, 0.2) is 0 Å².